The number of benzene rings is 3. The lowest BCUT2D eigenvalue weighted by atomic mass is 10.1. The molecule has 2 atom stereocenters. The molecular formula is C23H17ClN2O6S. The Morgan fingerprint density at radius 2 is 1.85 bits per heavy atom. The van der Waals surface area contributed by atoms with Gasteiger partial charge in [-0.2, -0.15) is 0 Å². The maximum absolute atomic E-state index is 13.1. The number of carbonyl (C=O) groups is 2. The normalized spacial score (nSPS) is 17.3. The summed E-state index contributed by atoms with van der Waals surface area (Å²) in [6.07, 6.45) is -1.21. The van der Waals surface area contributed by atoms with Crippen molar-refractivity contribution in [3.63, 3.8) is 0 Å². The van der Waals surface area contributed by atoms with E-state index in [9.17, 15) is 19.7 Å². The predicted molar refractivity (Wildman–Crippen MR) is 124 cm³/mol. The number of hydrogen-bond acceptors (Lipinski definition) is 7. The van der Waals surface area contributed by atoms with Gasteiger partial charge in [-0.1, -0.05) is 35.9 Å². The van der Waals surface area contributed by atoms with Crippen LogP contribution in [-0.2, 0) is 9.53 Å². The molecule has 0 aliphatic carbocycles. The molecule has 8 nitrogen and oxygen atoms in total. The maximum atomic E-state index is 13.1. The summed E-state index contributed by atoms with van der Waals surface area (Å²) < 4.78 is 10.8. The van der Waals surface area contributed by atoms with Gasteiger partial charge < -0.3 is 14.8 Å². The van der Waals surface area contributed by atoms with E-state index in [0.717, 1.165) is 16.5 Å². The molecule has 0 aromatic heterocycles. The second-order valence-corrected chi connectivity index (χ2v) is 8.64. The summed E-state index contributed by atoms with van der Waals surface area (Å²) in [5.41, 5.74) is 0.836. The zero-order valence-electron chi connectivity index (χ0n) is 17.2. The maximum Gasteiger partial charge on any atom is 0.339 e. The van der Waals surface area contributed by atoms with Gasteiger partial charge in [0.1, 0.15) is 10.8 Å². The molecule has 0 unspecified atom stereocenters. The van der Waals surface area contributed by atoms with Gasteiger partial charge in [0.25, 0.3) is 11.6 Å². The van der Waals surface area contributed by atoms with Gasteiger partial charge in [0, 0.05) is 11.0 Å². The number of anilines is 1. The number of ether oxygens (including phenoxy) is 2. The Labute approximate surface area is 198 Å². The van der Waals surface area contributed by atoms with Crippen molar-refractivity contribution < 1.29 is 24.0 Å². The number of hydrogen-bond donors (Lipinski definition) is 1. The predicted octanol–water partition coefficient (Wildman–Crippen LogP) is 5.27. The molecule has 10 heteroatoms. The van der Waals surface area contributed by atoms with Crippen LogP contribution in [0.2, 0.25) is 5.02 Å². The quantitative estimate of drug-likeness (QED) is 0.298. The number of nitro groups is 1. The van der Waals surface area contributed by atoms with Crippen LogP contribution in [0.15, 0.2) is 71.6 Å². The first-order chi connectivity index (χ1) is 15.9. The molecule has 3 aromatic rings. The summed E-state index contributed by atoms with van der Waals surface area (Å²) in [6, 6.07) is 18.0. The average molecular weight is 485 g/mol. The monoisotopic (exact) mass is 484 g/mol. The number of nitrogens with one attached hydrogen (secondary N) is 1. The highest BCUT2D eigenvalue weighted by molar-refractivity contribution is 7.99. The largest absolute Gasteiger partial charge is 0.497 e. The number of halogens is 1. The van der Waals surface area contributed by atoms with Gasteiger partial charge in [-0.05, 0) is 42.0 Å². The molecular weight excluding hydrogens is 468 g/mol. The smallest absolute Gasteiger partial charge is 0.339 e. The minimum atomic E-state index is -1.21. The molecule has 0 saturated heterocycles. The number of thioether (sulfide) groups is 1. The van der Waals surface area contributed by atoms with E-state index in [4.69, 9.17) is 21.1 Å². The van der Waals surface area contributed by atoms with E-state index >= 15 is 0 Å². The first-order valence-electron chi connectivity index (χ1n) is 9.73. The summed E-state index contributed by atoms with van der Waals surface area (Å²) in [4.78, 5) is 37.3. The molecule has 3 aromatic carbocycles. The molecule has 33 heavy (non-hydrogen) atoms. The lowest BCUT2D eigenvalue weighted by Crippen LogP contribution is -2.35. The van der Waals surface area contributed by atoms with E-state index in [1.807, 2.05) is 12.1 Å². The van der Waals surface area contributed by atoms with Crippen molar-refractivity contribution in [3.05, 3.63) is 93.0 Å². The molecule has 1 N–H and O–H groups in total. The fourth-order valence-corrected chi connectivity index (χ4v) is 4.79. The molecule has 1 aliphatic heterocycles. The molecule has 0 radical (unpaired) electrons. The molecule has 0 saturated carbocycles. The van der Waals surface area contributed by atoms with Crippen LogP contribution in [0.5, 0.6) is 5.75 Å². The highest BCUT2D eigenvalue weighted by Gasteiger charge is 2.38. The van der Waals surface area contributed by atoms with Crippen LogP contribution in [0, 0.1) is 10.1 Å². The van der Waals surface area contributed by atoms with Crippen molar-refractivity contribution in [1.82, 2.24) is 0 Å². The third kappa shape index (κ3) is 4.79. The van der Waals surface area contributed by atoms with E-state index in [-0.39, 0.29) is 10.6 Å². The second-order valence-electron chi connectivity index (χ2n) is 7.05. The lowest BCUT2D eigenvalue weighted by molar-refractivity contribution is -0.384. The van der Waals surface area contributed by atoms with Gasteiger partial charge in [0.15, 0.2) is 6.10 Å². The Balaban J connectivity index is 1.70. The zero-order chi connectivity index (χ0) is 23.5. The van der Waals surface area contributed by atoms with Crippen molar-refractivity contribution >= 4 is 46.6 Å². The molecule has 1 heterocycles. The first kappa shape index (κ1) is 22.6. The van der Waals surface area contributed by atoms with Crippen LogP contribution in [0.4, 0.5) is 11.4 Å². The molecule has 1 aliphatic rings. The summed E-state index contributed by atoms with van der Waals surface area (Å²) >= 11 is 7.21. The fourth-order valence-electron chi connectivity index (χ4n) is 3.33. The minimum absolute atomic E-state index is 0.0841. The van der Waals surface area contributed by atoms with E-state index in [1.54, 1.807) is 43.5 Å². The molecule has 0 spiro atoms. The van der Waals surface area contributed by atoms with Gasteiger partial charge in [0.05, 0.1) is 28.5 Å². The number of fused-ring (bicyclic) bond motifs is 1. The number of rotatable bonds is 5. The summed E-state index contributed by atoms with van der Waals surface area (Å²) in [5, 5.41) is 13.3. The van der Waals surface area contributed by atoms with Crippen molar-refractivity contribution in [1.29, 1.82) is 0 Å². The molecule has 1 amide bonds. The van der Waals surface area contributed by atoms with Crippen LogP contribution < -0.4 is 10.1 Å². The topological polar surface area (TPSA) is 108 Å². The number of amides is 1. The Morgan fingerprint density at radius 1 is 1.12 bits per heavy atom. The van der Waals surface area contributed by atoms with E-state index < -0.39 is 33.8 Å². The molecule has 168 valence electrons. The summed E-state index contributed by atoms with van der Waals surface area (Å²) in [6.45, 7) is 0. The van der Waals surface area contributed by atoms with Crippen molar-refractivity contribution in [2.45, 2.75) is 16.2 Å². The van der Waals surface area contributed by atoms with Crippen LogP contribution in [-0.4, -0.2) is 30.0 Å². The highest BCUT2D eigenvalue weighted by Crippen LogP contribution is 2.45. The van der Waals surface area contributed by atoms with Crippen LogP contribution in [0.3, 0.4) is 0 Å². The lowest BCUT2D eigenvalue weighted by Gasteiger charge is -2.23. The van der Waals surface area contributed by atoms with E-state index in [2.05, 4.69) is 5.32 Å². The third-order valence-corrected chi connectivity index (χ3v) is 6.69. The van der Waals surface area contributed by atoms with Crippen LogP contribution in [0.1, 0.15) is 21.2 Å². The van der Waals surface area contributed by atoms with Crippen molar-refractivity contribution in [3.8, 4) is 5.75 Å². The summed E-state index contributed by atoms with van der Waals surface area (Å²) in [5.74, 6) is -0.741. The van der Waals surface area contributed by atoms with E-state index in [0.29, 0.717) is 11.4 Å². The Hall–Kier alpha value is -3.56. The van der Waals surface area contributed by atoms with Gasteiger partial charge >= 0.3 is 5.97 Å². The second kappa shape index (κ2) is 9.51. The summed E-state index contributed by atoms with van der Waals surface area (Å²) in [7, 11) is 1.55. The SMILES string of the molecule is COc1ccc([C@H]2Sc3ccccc3NC(=O)[C@H]2OC(=O)c2ccc(Cl)c([N+](=O)[O-])c2)cc1. The van der Waals surface area contributed by atoms with Gasteiger partial charge in [-0.25, -0.2) is 4.79 Å². The fraction of sp³-hybridized carbons (Fsp3) is 0.130. The van der Waals surface area contributed by atoms with Crippen LogP contribution in [0.25, 0.3) is 0 Å². The van der Waals surface area contributed by atoms with Crippen LogP contribution >= 0.6 is 23.4 Å². The molecule has 0 fully saturated rings. The highest BCUT2D eigenvalue weighted by atomic mass is 35.5. The molecule has 0 bridgehead atoms. The molecule has 4 rings (SSSR count). The third-order valence-electron chi connectivity index (χ3n) is 4.99. The first-order valence-corrected chi connectivity index (χ1v) is 11.0. The van der Waals surface area contributed by atoms with Gasteiger partial charge in [-0.15, -0.1) is 11.8 Å². The number of nitro benzene ring substituents is 1. The number of carbonyl (C=O) groups excluding carboxylic acids is 2. The standard InChI is InChI=1S/C23H17ClN2O6S/c1-31-15-9-6-13(7-10-15)21-20(22(27)25-17-4-2-3-5-19(17)33-21)32-23(28)14-8-11-16(24)18(12-14)26(29)30/h2-12,20-21H,1H3,(H,25,27)/t20-,21+/m0/s1. The number of methoxy groups -OCH3 is 1. The Kier molecular flexibility index (Phi) is 6.52. The van der Waals surface area contributed by atoms with Gasteiger partial charge in [-0.3, -0.25) is 14.9 Å². The Morgan fingerprint density at radius 3 is 2.55 bits per heavy atom. The minimum Gasteiger partial charge on any atom is -0.497 e. The number of esters is 1. The number of nitrogens with zero attached hydrogens (tertiary/aromatic N) is 1. The van der Waals surface area contributed by atoms with Gasteiger partial charge in [0.2, 0.25) is 0 Å². The number of para-hydroxylation sites is 1. The van der Waals surface area contributed by atoms with Crippen molar-refractivity contribution in [2.75, 3.05) is 12.4 Å². The Bertz CT molecular complexity index is 1230. The zero-order valence-corrected chi connectivity index (χ0v) is 18.8. The van der Waals surface area contributed by atoms with Crippen molar-refractivity contribution in [2.24, 2.45) is 0 Å². The average Bonchev–Trinajstić information content (AvgIpc) is 2.95. The van der Waals surface area contributed by atoms with E-state index in [1.165, 1.54) is 23.9 Å².